The Morgan fingerprint density at radius 1 is 1.55 bits per heavy atom. The van der Waals surface area contributed by atoms with Gasteiger partial charge in [0, 0.05) is 16.2 Å². The van der Waals surface area contributed by atoms with E-state index in [1.165, 1.54) is 0 Å². The summed E-state index contributed by atoms with van der Waals surface area (Å²) < 4.78 is 1.56. The lowest BCUT2D eigenvalue weighted by Crippen LogP contribution is -1.94. The predicted octanol–water partition coefficient (Wildman–Crippen LogP) is 2.66. The normalized spacial score (nSPS) is 13.1. The van der Waals surface area contributed by atoms with Crippen LogP contribution in [0.4, 0.5) is 0 Å². The number of nitrogens with zero attached hydrogens (tertiary/aromatic N) is 1. The molecule has 0 spiro atoms. The van der Waals surface area contributed by atoms with Crippen LogP contribution in [0.1, 0.15) is 18.6 Å². The molecule has 0 aliphatic heterocycles. The molecule has 1 heterocycles. The number of rotatable bonds is 1. The average Bonchev–Trinajstić information content (AvgIpc) is 1.94. The van der Waals surface area contributed by atoms with E-state index in [2.05, 4.69) is 36.8 Å². The minimum Gasteiger partial charge on any atom is -0.389 e. The van der Waals surface area contributed by atoms with Gasteiger partial charge in [-0.15, -0.1) is 0 Å². The fourth-order valence-corrected chi connectivity index (χ4v) is 1.63. The summed E-state index contributed by atoms with van der Waals surface area (Å²) in [6.07, 6.45) is 1.19. The van der Waals surface area contributed by atoms with Gasteiger partial charge in [0.1, 0.15) is 4.60 Å². The van der Waals surface area contributed by atoms with Crippen LogP contribution >= 0.6 is 31.9 Å². The third-order valence-corrected chi connectivity index (χ3v) is 2.38. The van der Waals surface area contributed by atoms with Gasteiger partial charge in [-0.25, -0.2) is 4.98 Å². The van der Waals surface area contributed by atoms with Gasteiger partial charge in [-0.2, -0.15) is 0 Å². The van der Waals surface area contributed by atoms with Crippen molar-refractivity contribution in [3.8, 4) is 0 Å². The van der Waals surface area contributed by atoms with Gasteiger partial charge >= 0.3 is 0 Å². The zero-order valence-electron chi connectivity index (χ0n) is 5.88. The third-order valence-electron chi connectivity index (χ3n) is 1.28. The molecule has 0 bridgehead atoms. The average molecular weight is 281 g/mol. The first-order valence-electron chi connectivity index (χ1n) is 3.10. The number of aliphatic hydroxyl groups excluding tert-OH is 1. The highest BCUT2D eigenvalue weighted by molar-refractivity contribution is 9.11. The quantitative estimate of drug-likeness (QED) is 0.803. The van der Waals surface area contributed by atoms with Crippen molar-refractivity contribution in [2.45, 2.75) is 13.0 Å². The first-order chi connectivity index (χ1) is 5.11. The SMILES string of the molecule is C[C@H](O)c1cc(Br)cnc1Br. The minimum atomic E-state index is -0.491. The van der Waals surface area contributed by atoms with Crippen LogP contribution in [-0.4, -0.2) is 10.1 Å². The summed E-state index contributed by atoms with van der Waals surface area (Å²) in [4.78, 5) is 4.01. The molecule has 1 rings (SSSR count). The number of hydrogen-bond acceptors (Lipinski definition) is 2. The number of aliphatic hydroxyl groups is 1. The molecule has 0 radical (unpaired) electrons. The van der Waals surface area contributed by atoms with E-state index in [1.807, 2.05) is 6.07 Å². The Morgan fingerprint density at radius 2 is 2.18 bits per heavy atom. The Kier molecular flexibility index (Phi) is 3.04. The second-order valence-corrected chi connectivity index (χ2v) is 3.88. The van der Waals surface area contributed by atoms with Crippen molar-refractivity contribution in [2.24, 2.45) is 0 Å². The first-order valence-corrected chi connectivity index (χ1v) is 4.69. The lowest BCUT2D eigenvalue weighted by Gasteiger charge is -2.05. The zero-order valence-corrected chi connectivity index (χ0v) is 9.05. The Hall–Kier alpha value is 0.0700. The van der Waals surface area contributed by atoms with Crippen LogP contribution in [0.3, 0.4) is 0 Å². The summed E-state index contributed by atoms with van der Waals surface area (Å²) in [5.74, 6) is 0. The lowest BCUT2D eigenvalue weighted by atomic mass is 10.2. The standard InChI is InChI=1S/C7H7Br2NO/c1-4(11)6-2-5(8)3-10-7(6)9/h2-4,11H,1H3/t4-/m0/s1. The van der Waals surface area contributed by atoms with Gasteiger partial charge < -0.3 is 5.11 Å². The molecule has 0 saturated carbocycles. The first kappa shape index (κ1) is 9.16. The van der Waals surface area contributed by atoms with Crippen LogP contribution in [0, 0.1) is 0 Å². The van der Waals surface area contributed by atoms with E-state index < -0.39 is 6.10 Å². The number of hydrogen-bond donors (Lipinski definition) is 1. The molecule has 11 heavy (non-hydrogen) atoms. The van der Waals surface area contributed by atoms with Crippen molar-refractivity contribution < 1.29 is 5.11 Å². The van der Waals surface area contributed by atoms with Gasteiger partial charge in [0.15, 0.2) is 0 Å². The Bertz CT molecular complexity index is 263. The second-order valence-electron chi connectivity index (χ2n) is 2.21. The molecule has 1 aromatic rings. The highest BCUT2D eigenvalue weighted by Crippen LogP contribution is 2.23. The van der Waals surface area contributed by atoms with Crippen LogP contribution in [0.25, 0.3) is 0 Å². The molecule has 1 N–H and O–H groups in total. The molecule has 0 aliphatic carbocycles. The van der Waals surface area contributed by atoms with Crippen molar-refractivity contribution in [1.29, 1.82) is 0 Å². The summed E-state index contributed by atoms with van der Waals surface area (Å²) in [6, 6.07) is 1.84. The van der Waals surface area contributed by atoms with Gasteiger partial charge in [0.05, 0.1) is 6.10 Å². The van der Waals surface area contributed by atoms with E-state index in [4.69, 9.17) is 0 Å². The van der Waals surface area contributed by atoms with E-state index in [0.29, 0.717) is 4.60 Å². The topological polar surface area (TPSA) is 33.1 Å². The van der Waals surface area contributed by atoms with Gasteiger partial charge in [-0.05, 0) is 44.8 Å². The van der Waals surface area contributed by atoms with Crippen LogP contribution in [-0.2, 0) is 0 Å². The van der Waals surface area contributed by atoms with Crippen LogP contribution in [0.15, 0.2) is 21.3 Å². The maximum atomic E-state index is 9.24. The molecule has 0 fully saturated rings. The third kappa shape index (κ3) is 2.25. The summed E-state index contributed by atoms with van der Waals surface area (Å²) >= 11 is 6.51. The number of halogens is 2. The van der Waals surface area contributed by atoms with Crippen molar-refractivity contribution in [3.63, 3.8) is 0 Å². The Morgan fingerprint density at radius 3 is 2.64 bits per heavy atom. The number of aromatic nitrogens is 1. The van der Waals surface area contributed by atoms with Crippen molar-refractivity contribution in [3.05, 3.63) is 26.9 Å². The largest absolute Gasteiger partial charge is 0.389 e. The number of pyridine rings is 1. The van der Waals surface area contributed by atoms with Gasteiger partial charge in [-0.3, -0.25) is 0 Å². The van der Waals surface area contributed by atoms with E-state index in [1.54, 1.807) is 13.1 Å². The van der Waals surface area contributed by atoms with E-state index >= 15 is 0 Å². The van der Waals surface area contributed by atoms with Gasteiger partial charge in [0.2, 0.25) is 0 Å². The highest BCUT2D eigenvalue weighted by Gasteiger charge is 2.06. The van der Waals surface area contributed by atoms with Crippen LogP contribution < -0.4 is 0 Å². The molecule has 0 aromatic carbocycles. The second kappa shape index (κ2) is 3.65. The Labute approximate surface area is 81.9 Å². The van der Waals surface area contributed by atoms with Crippen LogP contribution in [0.2, 0.25) is 0 Å². The van der Waals surface area contributed by atoms with Crippen LogP contribution in [0.5, 0.6) is 0 Å². The highest BCUT2D eigenvalue weighted by atomic mass is 79.9. The maximum Gasteiger partial charge on any atom is 0.111 e. The monoisotopic (exact) mass is 279 g/mol. The van der Waals surface area contributed by atoms with E-state index in [9.17, 15) is 5.11 Å². The molecular weight excluding hydrogens is 274 g/mol. The molecule has 1 aromatic heterocycles. The molecular formula is C7H7Br2NO. The van der Waals surface area contributed by atoms with Crippen molar-refractivity contribution in [2.75, 3.05) is 0 Å². The molecule has 0 aliphatic rings. The molecule has 0 saturated heterocycles. The molecule has 0 amide bonds. The predicted molar refractivity (Wildman–Crippen MR) is 50.3 cm³/mol. The minimum absolute atomic E-state index is 0.491. The molecule has 1 atom stereocenters. The molecule has 60 valence electrons. The summed E-state index contributed by atoms with van der Waals surface area (Å²) in [5, 5.41) is 9.24. The zero-order chi connectivity index (χ0) is 8.43. The fourth-order valence-electron chi connectivity index (χ4n) is 0.731. The van der Waals surface area contributed by atoms with Gasteiger partial charge in [-0.1, -0.05) is 0 Å². The summed E-state index contributed by atoms with van der Waals surface area (Å²) in [5.41, 5.74) is 0.791. The molecule has 0 unspecified atom stereocenters. The van der Waals surface area contributed by atoms with Crippen molar-refractivity contribution in [1.82, 2.24) is 4.98 Å². The summed E-state index contributed by atoms with van der Waals surface area (Å²) in [7, 11) is 0. The smallest absolute Gasteiger partial charge is 0.111 e. The van der Waals surface area contributed by atoms with Crippen molar-refractivity contribution >= 4 is 31.9 Å². The van der Waals surface area contributed by atoms with Gasteiger partial charge in [0.25, 0.3) is 0 Å². The molecule has 4 heteroatoms. The fraction of sp³-hybridized carbons (Fsp3) is 0.286. The van der Waals surface area contributed by atoms with E-state index in [0.717, 1.165) is 10.0 Å². The maximum absolute atomic E-state index is 9.24. The molecule has 2 nitrogen and oxygen atoms in total. The Balaban J connectivity index is 3.13. The van der Waals surface area contributed by atoms with E-state index in [-0.39, 0.29) is 0 Å². The lowest BCUT2D eigenvalue weighted by molar-refractivity contribution is 0.198. The summed E-state index contributed by atoms with van der Waals surface area (Å²) in [6.45, 7) is 1.70.